The summed E-state index contributed by atoms with van der Waals surface area (Å²) in [5.41, 5.74) is 0.831. The lowest BCUT2D eigenvalue weighted by molar-refractivity contribution is -0.124. The topological polar surface area (TPSA) is 50.8 Å². The summed E-state index contributed by atoms with van der Waals surface area (Å²) in [5, 5.41) is 3.10. The molecule has 0 aliphatic rings. The molecule has 1 amide bonds. The SMILES string of the molecule is COc1ccc(C(C(=O)NCC(C)(C)N(C)C)C(C)C)cc1OC. The van der Waals surface area contributed by atoms with Crippen LogP contribution >= 0.6 is 0 Å². The first kappa shape index (κ1) is 20.3. The molecule has 0 bridgehead atoms. The molecule has 0 heterocycles. The van der Waals surface area contributed by atoms with Gasteiger partial charge in [-0.15, -0.1) is 0 Å². The van der Waals surface area contributed by atoms with Gasteiger partial charge in [-0.05, 0) is 51.6 Å². The average Bonchev–Trinajstić information content (AvgIpc) is 2.52. The minimum Gasteiger partial charge on any atom is -0.493 e. The second kappa shape index (κ2) is 8.38. The summed E-state index contributed by atoms with van der Waals surface area (Å²) >= 11 is 0. The van der Waals surface area contributed by atoms with Gasteiger partial charge in [0.05, 0.1) is 20.1 Å². The Morgan fingerprint density at radius 2 is 1.75 bits per heavy atom. The maximum Gasteiger partial charge on any atom is 0.227 e. The molecule has 1 aromatic carbocycles. The third kappa shape index (κ3) is 4.87. The smallest absolute Gasteiger partial charge is 0.227 e. The molecule has 0 aliphatic heterocycles. The van der Waals surface area contributed by atoms with Gasteiger partial charge in [0.15, 0.2) is 11.5 Å². The number of likely N-dealkylation sites (N-methyl/N-ethyl adjacent to an activating group) is 1. The van der Waals surface area contributed by atoms with E-state index >= 15 is 0 Å². The lowest BCUT2D eigenvalue weighted by Gasteiger charge is -2.33. The van der Waals surface area contributed by atoms with Gasteiger partial charge in [0.2, 0.25) is 5.91 Å². The number of benzene rings is 1. The molecule has 0 aliphatic carbocycles. The molecular formula is C19H32N2O3. The van der Waals surface area contributed by atoms with Gasteiger partial charge < -0.3 is 19.7 Å². The highest BCUT2D eigenvalue weighted by atomic mass is 16.5. The Morgan fingerprint density at radius 3 is 2.21 bits per heavy atom. The van der Waals surface area contributed by atoms with Crippen molar-refractivity contribution in [1.82, 2.24) is 10.2 Å². The number of nitrogens with zero attached hydrogens (tertiary/aromatic N) is 1. The minimum atomic E-state index is -0.234. The lowest BCUT2D eigenvalue weighted by atomic mass is 9.87. The first-order valence-corrected chi connectivity index (χ1v) is 8.31. The van der Waals surface area contributed by atoms with Crippen LogP contribution in [0.4, 0.5) is 0 Å². The van der Waals surface area contributed by atoms with Gasteiger partial charge in [0, 0.05) is 12.1 Å². The van der Waals surface area contributed by atoms with Crippen LogP contribution in [0.25, 0.3) is 0 Å². The van der Waals surface area contributed by atoms with E-state index in [9.17, 15) is 4.79 Å². The molecule has 0 radical (unpaired) electrons. The Labute approximate surface area is 146 Å². The minimum absolute atomic E-state index is 0.0344. The molecular weight excluding hydrogens is 304 g/mol. The Balaban J connectivity index is 3.00. The van der Waals surface area contributed by atoms with Crippen molar-refractivity contribution in [2.75, 3.05) is 34.9 Å². The van der Waals surface area contributed by atoms with Gasteiger partial charge in [0.1, 0.15) is 0 Å². The number of nitrogens with one attached hydrogen (secondary N) is 1. The van der Waals surface area contributed by atoms with Crippen molar-refractivity contribution in [2.45, 2.75) is 39.2 Å². The van der Waals surface area contributed by atoms with E-state index in [0.717, 1.165) is 5.56 Å². The standard InChI is InChI=1S/C19H32N2O3/c1-13(2)17(18(22)20-12-19(3,4)21(5)6)14-9-10-15(23-7)16(11-14)24-8/h9-11,13,17H,12H2,1-8H3,(H,20,22). The van der Waals surface area contributed by atoms with Crippen molar-refractivity contribution < 1.29 is 14.3 Å². The van der Waals surface area contributed by atoms with Gasteiger partial charge in [0.25, 0.3) is 0 Å². The van der Waals surface area contributed by atoms with E-state index in [2.05, 4.69) is 37.9 Å². The highest BCUT2D eigenvalue weighted by Crippen LogP contribution is 2.33. The fourth-order valence-corrected chi connectivity index (χ4v) is 2.46. The molecule has 5 nitrogen and oxygen atoms in total. The van der Waals surface area contributed by atoms with E-state index in [0.29, 0.717) is 18.0 Å². The molecule has 24 heavy (non-hydrogen) atoms. The maximum absolute atomic E-state index is 12.8. The van der Waals surface area contributed by atoms with E-state index in [1.165, 1.54) is 0 Å². The maximum atomic E-state index is 12.8. The Bertz CT molecular complexity index is 554. The number of hydrogen-bond donors (Lipinski definition) is 1. The third-order valence-electron chi connectivity index (χ3n) is 4.62. The fourth-order valence-electron chi connectivity index (χ4n) is 2.46. The van der Waals surface area contributed by atoms with Crippen molar-refractivity contribution in [3.63, 3.8) is 0 Å². The van der Waals surface area contributed by atoms with Crippen LogP contribution in [0.5, 0.6) is 11.5 Å². The van der Waals surface area contributed by atoms with Crippen LogP contribution in [0.2, 0.25) is 0 Å². The summed E-state index contributed by atoms with van der Waals surface area (Å²) < 4.78 is 10.6. The number of ether oxygens (including phenoxy) is 2. The largest absolute Gasteiger partial charge is 0.493 e. The Morgan fingerprint density at radius 1 is 1.17 bits per heavy atom. The van der Waals surface area contributed by atoms with Crippen molar-refractivity contribution >= 4 is 5.91 Å². The van der Waals surface area contributed by atoms with Gasteiger partial charge >= 0.3 is 0 Å². The molecule has 0 aromatic heterocycles. The summed E-state index contributed by atoms with van der Waals surface area (Å²) in [5.74, 6) is 1.28. The number of rotatable bonds is 8. The van der Waals surface area contributed by atoms with Crippen LogP contribution in [0.1, 0.15) is 39.2 Å². The van der Waals surface area contributed by atoms with Crippen LogP contribution in [0, 0.1) is 5.92 Å². The highest BCUT2D eigenvalue weighted by Gasteiger charge is 2.28. The van der Waals surface area contributed by atoms with E-state index < -0.39 is 0 Å². The van der Waals surface area contributed by atoms with E-state index in [1.54, 1.807) is 14.2 Å². The normalized spacial score (nSPS) is 13.1. The number of carbonyl (C=O) groups is 1. The predicted octanol–water partition coefficient (Wildman–Crippen LogP) is 2.90. The van der Waals surface area contributed by atoms with Crippen LogP contribution in [-0.2, 0) is 4.79 Å². The van der Waals surface area contributed by atoms with Gasteiger partial charge in [-0.2, -0.15) is 0 Å². The van der Waals surface area contributed by atoms with Crippen LogP contribution in [-0.4, -0.2) is 51.2 Å². The number of methoxy groups -OCH3 is 2. The molecule has 1 rings (SSSR count). The summed E-state index contributed by atoms with van der Waals surface area (Å²) in [4.78, 5) is 14.9. The van der Waals surface area contributed by atoms with Crippen molar-refractivity contribution in [3.05, 3.63) is 23.8 Å². The number of amides is 1. The molecule has 0 saturated heterocycles. The molecule has 136 valence electrons. The average molecular weight is 336 g/mol. The molecule has 1 N–H and O–H groups in total. The van der Waals surface area contributed by atoms with E-state index in [1.807, 2.05) is 32.3 Å². The molecule has 0 fully saturated rings. The van der Waals surface area contributed by atoms with Gasteiger partial charge in [-0.25, -0.2) is 0 Å². The zero-order valence-corrected chi connectivity index (χ0v) is 16.3. The van der Waals surface area contributed by atoms with E-state index in [-0.39, 0.29) is 23.3 Å². The molecule has 1 atom stereocenters. The summed E-state index contributed by atoms with van der Waals surface area (Å²) in [6, 6.07) is 5.67. The first-order valence-electron chi connectivity index (χ1n) is 8.31. The molecule has 1 unspecified atom stereocenters. The molecule has 1 aromatic rings. The quantitative estimate of drug-likeness (QED) is 0.793. The van der Waals surface area contributed by atoms with E-state index in [4.69, 9.17) is 9.47 Å². The van der Waals surface area contributed by atoms with Crippen LogP contribution in [0.3, 0.4) is 0 Å². The summed E-state index contributed by atoms with van der Waals surface area (Å²) in [7, 11) is 7.24. The van der Waals surface area contributed by atoms with Crippen LogP contribution < -0.4 is 14.8 Å². The Kier molecular flexibility index (Phi) is 7.08. The second-order valence-corrected chi connectivity index (χ2v) is 7.26. The monoisotopic (exact) mass is 336 g/mol. The lowest BCUT2D eigenvalue weighted by Crippen LogP contribution is -2.49. The predicted molar refractivity (Wildman–Crippen MR) is 97.9 cm³/mol. The fraction of sp³-hybridized carbons (Fsp3) is 0.632. The summed E-state index contributed by atoms with van der Waals surface area (Å²) in [6.07, 6.45) is 0. The molecule has 0 saturated carbocycles. The Hall–Kier alpha value is -1.75. The number of hydrogen-bond acceptors (Lipinski definition) is 4. The molecule has 5 heteroatoms. The zero-order valence-electron chi connectivity index (χ0n) is 16.3. The van der Waals surface area contributed by atoms with Crippen molar-refractivity contribution in [2.24, 2.45) is 5.92 Å². The summed E-state index contributed by atoms with van der Waals surface area (Å²) in [6.45, 7) is 8.91. The first-order chi connectivity index (χ1) is 11.1. The zero-order chi connectivity index (χ0) is 18.5. The highest BCUT2D eigenvalue weighted by molar-refractivity contribution is 5.84. The third-order valence-corrected chi connectivity index (χ3v) is 4.62. The van der Waals surface area contributed by atoms with Gasteiger partial charge in [-0.1, -0.05) is 19.9 Å². The van der Waals surface area contributed by atoms with Crippen molar-refractivity contribution in [1.29, 1.82) is 0 Å². The number of carbonyl (C=O) groups excluding carboxylic acids is 1. The molecule has 0 spiro atoms. The second-order valence-electron chi connectivity index (χ2n) is 7.26. The van der Waals surface area contributed by atoms with Crippen molar-refractivity contribution in [3.8, 4) is 11.5 Å². The van der Waals surface area contributed by atoms with Gasteiger partial charge in [-0.3, -0.25) is 4.79 Å². The van der Waals surface area contributed by atoms with Crippen LogP contribution in [0.15, 0.2) is 18.2 Å².